The van der Waals surface area contributed by atoms with Crippen molar-refractivity contribution in [1.29, 1.82) is 0 Å². The molecule has 162 valence electrons. The predicted octanol–water partition coefficient (Wildman–Crippen LogP) is 5.27. The Labute approximate surface area is 190 Å². The van der Waals surface area contributed by atoms with Crippen LogP contribution in [-0.4, -0.2) is 20.4 Å². The highest BCUT2D eigenvalue weighted by Gasteiger charge is 2.17. The lowest BCUT2D eigenvalue weighted by Gasteiger charge is -2.16. The second kappa shape index (κ2) is 9.53. The number of aryl methyl sites for hydroxylation is 2. The minimum Gasteiger partial charge on any atom is -0.481 e. The standard InChI is InChI=1S/C23H23BrN2O4S/c1-15-12-16(2)14-21(13-15)30-17(3)23(27)25-19-8-10-22(11-9-19)31(28,29)26-20-6-4-18(24)5-7-20/h4-14,17,26H,1-3H3,(H,25,27)/t17-/m1/s1. The number of amides is 1. The maximum absolute atomic E-state index is 12.6. The number of anilines is 2. The molecule has 0 aliphatic rings. The highest BCUT2D eigenvalue weighted by atomic mass is 79.9. The van der Waals surface area contributed by atoms with Crippen molar-refractivity contribution in [1.82, 2.24) is 0 Å². The van der Waals surface area contributed by atoms with E-state index in [2.05, 4.69) is 26.0 Å². The molecule has 3 rings (SSSR count). The molecule has 0 spiro atoms. The molecule has 0 radical (unpaired) electrons. The molecule has 0 heterocycles. The van der Waals surface area contributed by atoms with Crippen molar-refractivity contribution in [3.63, 3.8) is 0 Å². The Morgan fingerprint density at radius 2 is 1.45 bits per heavy atom. The van der Waals surface area contributed by atoms with Crippen LogP contribution in [0.1, 0.15) is 18.1 Å². The summed E-state index contributed by atoms with van der Waals surface area (Å²) in [7, 11) is -3.74. The van der Waals surface area contributed by atoms with Gasteiger partial charge in [-0.1, -0.05) is 22.0 Å². The Bertz CT molecular complexity index is 1160. The van der Waals surface area contributed by atoms with Gasteiger partial charge in [0.15, 0.2) is 6.10 Å². The van der Waals surface area contributed by atoms with Crippen LogP contribution in [0.5, 0.6) is 5.75 Å². The summed E-state index contributed by atoms with van der Waals surface area (Å²) in [6.45, 7) is 5.59. The van der Waals surface area contributed by atoms with Crippen LogP contribution >= 0.6 is 15.9 Å². The van der Waals surface area contributed by atoms with Crippen LogP contribution in [0.25, 0.3) is 0 Å². The first kappa shape index (κ1) is 22.8. The Morgan fingerprint density at radius 3 is 2.03 bits per heavy atom. The Hall–Kier alpha value is -2.84. The van der Waals surface area contributed by atoms with Gasteiger partial charge in [-0.15, -0.1) is 0 Å². The van der Waals surface area contributed by atoms with Crippen molar-refractivity contribution < 1.29 is 17.9 Å². The van der Waals surface area contributed by atoms with Crippen LogP contribution in [0.4, 0.5) is 11.4 Å². The van der Waals surface area contributed by atoms with Crippen LogP contribution in [0, 0.1) is 13.8 Å². The van der Waals surface area contributed by atoms with Crippen LogP contribution in [0.3, 0.4) is 0 Å². The first-order valence-electron chi connectivity index (χ1n) is 9.57. The highest BCUT2D eigenvalue weighted by molar-refractivity contribution is 9.10. The van der Waals surface area contributed by atoms with E-state index in [9.17, 15) is 13.2 Å². The molecule has 2 N–H and O–H groups in total. The summed E-state index contributed by atoms with van der Waals surface area (Å²) >= 11 is 3.31. The van der Waals surface area contributed by atoms with Crippen molar-refractivity contribution in [3.05, 3.63) is 82.3 Å². The van der Waals surface area contributed by atoms with E-state index in [1.807, 2.05) is 32.0 Å². The zero-order chi connectivity index (χ0) is 22.6. The van der Waals surface area contributed by atoms with Gasteiger partial charge < -0.3 is 10.1 Å². The Morgan fingerprint density at radius 1 is 0.903 bits per heavy atom. The number of hydrogen-bond donors (Lipinski definition) is 2. The average molecular weight is 503 g/mol. The normalized spacial score (nSPS) is 12.1. The van der Waals surface area contributed by atoms with Gasteiger partial charge in [0.25, 0.3) is 15.9 Å². The smallest absolute Gasteiger partial charge is 0.265 e. The molecule has 0 bridgehead atoms. The minimum absolute atomic E-state index is 0.0907. The first-order chi connectivity index (χ1) is 14.6. The number of carbonyl (C=O) groups is 1. The van der Waals surface area contributed by atoms with Gasteiger partial charge in [-0.25, -0.2) is 8.42 Å². The van der Waals surface area contributed by atoms with Crippen molar-refractivity contribution >= 4 is 43.2 Å². The van der Waals surface area contributed by atoms with Gasteiger partial charge in [-0.05, 0) is 92.6 Å². The molecule has 0 fully saturated rings. The number of nitrogens with one attached hydrogen (secondary N) is 2. The molecule has 0 unspecified atom stereocenters. The lowest BCUT2D eigenvalue weighted by molar-refractivity contribution is -0.122. The van der Waals surface area contributed by atoms with Gasteiger partial charge in [-0.3, -0.25) is 9.52 Å². The average Bonchev–Trinajstić information content (AvgIpc) is 2.69. The number of ether oxygens (including phenoxy) is 1. The fourth-order valence-corrected chi connectivity index (χ4v) is 4.27. The molecule has 0 aliphatic carbocycles. The van der Waals surface area contributed by atoms with Gasteiger partial charge in [0.2, 0.25) is 0 Å². The predicted molar refractivity (Wildman–Crippen MR) is 126 cm³/mol. The third-order valence-electron chi connectivity index (χ3n) is 4.41. The maximum atomic E-state index is 12.6. The lowest BCUT2D eigenvalue weighted by Crippen LogP contribution is -2.30. The largest absolute Gasteiger partial charge is 0.481 e. The second-order valence-corrected chi connectivity index (χ2v) is 9.81. The van der Waals surface area contributed by atoms with Crippen molar-refractivity contribution in [2.45, 2.75) is 31.8 Å². The zero-order valence-corrected chi connectivity index (χ0v) is 19.7. The summed E-state index contributed by atoms with van der Waals surface area (Å²) in [6.07, 6.45) is -0.719. The molecule has 8 heteroatoms. The van der Waals surface area contributed by atoms with Crippen LogP contribution in [-0.2, 0) is 14.8 Å². The zero-order valence-electron chi connectivity index (χ0n) is 17.3. The Kier molecular flexibility index (Phi) is 7.02. The summed E-state index contributed by atoms with van der Waals surface area (Å²) in [5.74, 6) is 0.295. The summed E-state index contributed by atoms with van der Waals surface area (Å²) in [6, 6.07) is 18.5. The van der Waals surface area contributed by atoms with Crippen LogP contribution in [0.2, 0.25) is 0 Å². The van der Waals surface area contributed by atoms with E-state index in [0.717, 1.165) is 15.6 Å². The van der Waals surface area contributed by atoms with Gasteiger partial charge in [0.1, 0.15) is 5.75 Å². The number of sulfonamides is 1. The number of rotatable bonds is 7. The molecule has 0 aliphatic heterocycles. The molecular weight excluding hydrogens is 480 g/mol. The Balaban J connectivity index is 1.63. The van der Waals surface area contributed by atoms with E-state index >= 15 is 0 Å². The number of hydrogen-bond acceptors (Lipinski definition) is 4. The summed E-state index contributed by atoms with van der Waals surface area (Å²) < 4.78 is 34.2. The molecule has 3 aromatic rings. The molecule has 6 nitrogen and oxygen atoms in total. The summed E-state index contributed by atoms with van der Waals surface area (Å²) in [4.78, 5) is 12.6. The van der Waals surface area contributed by atoms with Crippen molar-refractivity contribution in [3.8, 4) is 5.75 Å². The molecule has 1 atom stereocenters. The molecule has 31 heavy (non-hydrogen) atoms. The van der Waals surface area contributed by atoms with Crippen LogP contribution in [0.15, 0.2) is 76.1 Å². The number of benzene rings is 3. The fourth-order valence-electron chi connectivity index (χ4n) is 2.95. The monoisotopic (exact) mass is 502 g/mol. The highest BCUT2D eigenvalue weighted by Crippen LogP contribution is 2.21. The van der Waals surface area contributed by atoms with E-state index in [1.54, 1.807) is 31.2 Å². The van der Waals surface area contributed by atoms with Gasteiger partial charge in [0.05, 0.1) is 4.90 Å². The van der Waals surface area contributed by atoms with Crippen molar-refractivity contribution in [2.24, 2.45) is 0 Å². The van der Waals surface area contributed by atoms with E-state index in [-0.39, 0.29) is 10.8 Å². The molecular formula is C23H23BrN2O4S. The lowest BCUT2D eigenvalue weighted by atomic mass is 10.1. The van der Waals surface area contributed by atoms with E-state index in [4.69, 9.17) is 4.74 Å². The third-order valence-corrected chi connectivity index (χ3v) is 6.33. The van der Waals surface area contributed by atoms with Gasteiger partial charge in [-0.2, -0.15) is 0 Å². The minimum atomic E-state index is -3.74. The van der Waals surface area contributed by atoms with Crippen LogP contribution < -0.4 is 14.8 Å². The molecule has 0 saturated heterocycles. The SMILES string of the molecule is Cc1cc(C)cc(O[C@H](C)C(=O)Nc2ccc(S(=O)(=O)Nc3ccc(Br)cc3)cc2)c1. The number of halogens is 1. The topological polar surface area (TPSA) is 84.5 Å². The molecule has 1 amide bonds. The first-order valence-corrected chi connectivity index (χ1v) is 11.8. The van der Waals surface area contributed by atoms with Crippen molar-refractivity contribution in [2.75, 3.05) is 10.0 Å². The van der Waals surface area contributed by atoms with Gasteiger partial charge in [0, 0.05) is 15.8 Å². The second-order valence-electron chi connectivity index (χ2n) is 7.21. The third kappa shape index (κ3) is 6.32. The summed E-state index contributed by atoms with van der Waals surface area (Å²) in [5, 5.41) is 2.74. The van der Waals surface area contributed by atoms with E-state index < -0.39 is 16.1 Å². The maximum Gasteiger partial charge on any atom is 0.265 e. The van der Waals surface area contributed by atoms with Gasteiger partial charge >= 0.3 is 0 Å². The fraction of sp³-hybridized carbons (Fsp3) is 0.174. The number of carbonyl (C=O) groups excluding carboxylic acids is 1. The summed E-state index contributed by atoms with van der Waals surface area (Å²) in [5.41, 5.74) is 3.04. The molecule has 0 aromatic heterocycles. The molecule has 3 aromatic carbocycles. The quantitative estimate of drug-likeness (QED) is 0.460. The van der Waals surface area contributed by atoms with E-state index in [0.29, 0.717) is 17.1 Å². The molecule has 0 saturated carbocycles. The van der Waals surface area contributed by atoms with E-state index in [1.165, 1.54) is 24.3 Å².